The van der Waals surface area contributed by atoms with Crippen LogP contribution in [-0.4, -0.2) is 37.8 Å². The van der Waals surface area contributed by atoms with Crippen LogP contribution in [-0.2, 0) is 0 Å². The van der Waals surface area contributed by atoms with E-state index in [1.54, 1.807) is 7.11 Å². The molecular weight excluding hydrogens is 258 g/mol. The molecule has 2 aliphatic heterocycles. The minimum absolute atomic E-state index is 0.362. The molecule has 4 heteroatoms. The van der Waals surface area contributed by atoms with E-state index in [0.29, 0.717) is 12.0 Å². The van der Waals surface area contributed by atoms with Crippen molar-refractivity contribution >= 4 is 11.8 Å². The van der Waals surface area contributed by atoms with Gasteiger partial charge in [-0.3, -0.25) is 0 Å². The maximum Gasteiger partial charge on any atom is 0.161 e. The first kappa shape index (κ1) is 13.1. The number of piperidine rings is 1. The highest BCUT2D eigenvalue weighted by Crippen LogP contribution is 2.35. The molecule has 2 aliphatic rings. The third kappa shape index (κ3) is 3.00. The average Bonchev–Trinajstić information content (AvgIpc) is 2.44. The van der Waals surface area contributed by atoms with Crippen LogP contribution in [0.4, 0.5) is 0 Å². The number of methoxy groups -OCH3 is 1. The highest BCUT2D eigenvalue weighted by atomic mass is 32.2. The van der Waals surface area contributed by atoms with Crippen molar-refractivity contribution in [2.24, 2.45) is 0 Å². The van der Waals surface area contributed by atoms with Crippen molar-refractivity contribution in [1.82, 2.24) is 5.32 Å². The Bertz CT molecular complexity index is 428. The molecular formula is C15H21NO2S. The van der Waals surface area contributed by atoms with Crippen LogP contribution in [0.1, 0.15) is 24.3 Å². The third-order valence-corrected chi connectivity index (χ3v) is 5.07. The molecule has 104 valence electrons. The number of nitrogens with one attached hydrogen (secondary N) is 1. The fourth-order valence-corrected chi connectivity index (χ4v) is 3.20. The van der Waals surface area contributed by atoms with Crippen LogP contribution in [0.5, 0.6) is 11.5 Å². The molecule has 2 heterocycles. The number of hydrogen-bond donors (Lipinski definition) is 1. The summed E-state index contributed by atoms with van der Waals surface area (Å²) in [4.78, 5) is 0. The Labute approximate surface area is 119 Å². The predicted molar refractivity (Wildman–Crippen MR) is 79.6 cm³/mol. The van der Waals surface area contributed by atoms with Gasteiger partial charge in [0.2, 0.25) is 0 Å². The van der Waals surface area contributed by atoms with Gasteiger partial charge in [0.1, 0.15) is 6.10 Å². The number of rotatable bonds is 4. The van der Waals surface area contributed by atoms with Gasteiger partial charge in [0, 0.05) is 18.1 Å². The summed E-state index contributed by atoms with van der Waals surface area (Å²) in [6.45, 7) is 2.22. The number of thioether (sulfide) groups is 1. The van der Waals surface area contributed by atoms with Crippen molar-refractivity contribution in [3.05, 3.63) is 23.8 Å². The van der Waals surface area contributed by atoms with E-state index in [-0.39, 0.29) is 0 Å². The van der Waals surface area contributed by atoms with E-state index in [0.717, 1.165) is 36.1 Å². The summed E-state index contributed by atoms with van der Waals surface area (Å²) in [6, 6.07) is 6.42. The lowest BCUT2D eigenvalue weighted by Crippen LogP contribution is -2.31. The van der Waals surface area contributed by atoms with E-state index in [9.17, 15) is 0 Å². The minimum atomic E-state index is 0.362. The molecule has 0 bridgehead atoms. The summed E-state index contributed by atoms with van der Waals surface area (Å²) >= 11 is 1.93. The Kier molecular flexibility index (Phi) is 4.18. The van der Waals surface area contributed by atoms with Gasteiger partial charge >= 0.3 is 0 Å². The van der Waals surface area contributed by atoms with Crippen molar-refractivity contribution in [1.29, 1.82) is 0 Å². The number of ether oxygens (including phenoxy) is 2. The van der Waals surface area contributed by atoms with Crippen molar-refractivity contribution in [2.75, 3.05) is 31.7 Å². The molecule has 0 aliphatic carbocycles. The molecule has 1 unspecified atom stereocenters. The molecule has 0 saturated carbocycles. The number of benzene rings is 1. The molecule has 1 aromatic rings. The van der Waals surface area contributed by atoms with Gasteiger partial charge in [0.25, 0.3) is 0 Å². The molecule has 1 atom stereocenters. The van der Waals surface area contributed by atoms with Crippen LogP contribution in [0, 0.1) is 0 Å². The second kappa shape index (κ2) is 6.06. The largest absolute Gasteiger partial charge is 0.493 e. The monoisotopic (exact) mass is 279 g/mol. The van der Waals surface area contributed by atoms with Crippen LogP contribution in [0.3, 0.4) is 0 Å². The van der Waals surface area contributed by atoms with Crippen LogP contribution >= 0.6 is 11.8 Å². The van der Waals surface area contributed by atoms with Gasteiger partial charge in [-0.2, -0.15) is 11.8 Å². The maximum absolute atomic E-state index is 5.95. The highest BCUT2D eigenvalue weighted by molar-refractivity contribution is 8.00. The summed E-state index contributed by atoms with van der Waals surface area (Å²) in [7, 11) is 1.72. The first-order valence-electron chi connectivity index (χ1n) is 7.00. The van der Waals surface area contributed by atoms with E-state index in [4.69, 9.17) is 9.47 Å². The smallest absolute Gasteiger partial charge is 0.161 e. The topological polar surface area (TPSA) is 30.5 Å². The zero-order valence-corrected chi connectivity index (χ0v) is 12.2. The van der Waals surface area contributed by atoms with E-state index >= 15 is 0 Å². The highest BCUT2D eigenvalue weighted by Gasteiger charge is 2.22. The molecule has 19 heavy (non-hydrogen) atoms. The zero-order chi connectivity index (χ0) is 13.1. The van der Waals surface area contributed by atoms with Gasteiger partial charge in [0.05, 0.1) is 7.11 Å². The third-order valence-electron chi connectivity index (χ3n) is 3.86. The fourth-order valence-electron chi connectivity index (χ4n) is 2.63. The average molecular weight is 279 g/mol. The Morgan fingerprint density at radius 3 is 2.79 bits per heavy atom. The summed E-state index contributed by atoms with van der Waals surface area (Å²) in [6.07, 6.45) is 2.88. The van der Waals surface area contributed by atoms with Gasteiger partial charge in [0.15, 0.2) is 11.5 Å². The summed E-state index contributed by atoms with van der Waals surface area (Å²) in [5.74, 6) is 4.56. The van der Waals surface area contributed by atoms with E-state index in [1.165, 1.54) is 18.4 Å². The Morgan fingerprint density at radius 2 is 2.16 bits per heavy atom. The van der Waals surface area contributed by atoms with Gasteiger partial charge in [-0.25, -0.2) is 0 Å². The molecule has 0 spiro atoms. The van der Waals surface area contributed by atoms with Gasteiger partial charge in [-0.05, 0) is 43.0 Å². The Morgan fingerprint density at radius 1 is 1.26 bits per heavy atom. The van der Waals surface area contributed by atoms with Crippen molar-refractivity contribution in [3.8, 4) is 11.5 Å². The second-order valence-corrected chi connectivity index (χ2v) is 6.31. The van der Waals surface area contributed by atoms with Crippen LogP contribution in [0.15, 0.2) is 18.2 Å². The Hall–Kier alpha value is -0.870. The van der Waals surface area contributed by atoms with Crippen LogP contribution in [0.25, 0.3) is 0 Å². The SMILES string of the molecule is COc1cc(C2CCCNC2)ccc1OC1CSC1. The molecule has 3 rings (SSSR count). The summed E-state index contributed by atoms with van der Waals surface area (Å²) in [5, 5.41) is 3.46. The normalized spacial score (nSPS) is 23.7. The van der Waals surface area contributed by atoms with Gasteiger partial charge < -0.3 is 14.8 Å². The molecule has 1 N–H and O–H groups in total. The van der Waals surface area contributed by atoms with Gasteiger partial charge in [-0.1, -0.05) is 6.07 Å². The van der Waals surface area contributed by atoms with Crippen molar-refractivity contribution in [3.63, 3.8) is 0 Å². The van der Waals surface area contributed by atoms with Crippen LogP contribution < -0.4 is 14.8 Å². The van der Waals surface area contributed by atoms with E-state index in [2.05, 4.69) is 23.5 Å². The number of hydrogen-bond acceptors (Lipinski definition) is 4. The lowest BCUT2D eigenvalue weighted by atomic mass is 9.91. The van der Waals surface area contributed by atoms with E-state index in [1.807, 2.05) is 11.8 Å². The minimum Gasteiger partial charge on any atom is -0.493 e. The lowest BCUT2D eigenvalue weighted by molar-refractivity contribution is 0.228. The zero-order valence-electron chi connectivity index (χ0n) is 11.4. The van der Waals surface area contributed by atoms with Crippen LogP contribution in [0.2, 0.25) is 0 Å². The second-order valence-electron chi connectivity index (χ2n) is 5.23. The Balaban J connectivity index is 1.75. The van der Waals surface area contributed by atoms with E-state index < -0.39 is 0 Å². The quantitative estimate of drug-likeness (QED) is 0.918. The maximum atomic E-state index is 5.95. The molecule has 0 amide bonds. The van der Waals surface area contributed by atoms with Crippen molar-refractivity contribution < 1.29 is 9.47 Å². The molecule has 0 radical (unpaired) electrons. The molecule has 3 nitrogen and oxygen atoms in total. The lowest BCUT2D eigenvalue weighted by Gasteiger charge is -2.28. The van der Waals surface area contributed by atoms with Crippen molar-refractivity contribution in [2.45, 2.75) is 24.9 Å². The first-order chi connectivity index (χ1) is 9.36. The molecule has 2 saturated heterocycles. The molecule has 2 fully saturated rings. The molecule has 1 aromatic carbocycles. The van der Waals surface area contributed by atoms with Gasteiger partial charge in [-0.15, -0.1) is 0 Å². The summed E-state index contributed by atoms with van der Waals surface area (Å²) in [5.41, 5.74) is 1.36. The standard InChI is InChI=1S/C15H21NO2S/c1-17-15-7-11(12-3-2-6-16-8-12)4-5-14(15)18-13-9-19-10-13/h4-5,7,12-13,16H,2-3,6,8-10H2,1H3. The predicted octanol–water partition coefficient (Wildman–Crippen LogP) is 2.66. The molecule has 0 aromatic heterocycles. The first-order valence-corrected chi connectivity index (χ1v) is 8.15. The summed E-state index contributed by atoms with van der Waals surface area (Å²) < 4.78 is 11.4. The fraction of sp³-hybridized carbons (Fsp3) is 0.600.